The summed E-state index contributed by atoms with van der Waals surface area (Å²) in [6, 6.07) is 12.4. The van der Waals surface area contributed by atoms with Crippen molar-refractivity contribution in [3.8, 4) is 0 Å². The number of rotatable bonds is 9. The van der Waals surface area contributed by atoms with E-state index < -0.39 is 73.1 Å². The maximum atomic E-state index is 12.1. The molecule has 14 nitrogen and oxygen atoms in total. The summed E-state index contributed by atoms with van der Waals surface area (Å²) in [6.07, 6.45) is -9.62. The number of aliphatic hydroxyl groups excluding tert-OH is 4. The van der Waals surface area contributed by atoms with Crippen LogP contribution in [-0.4, -0.2) is 104 Å². The van der Waals surface area contributed by atoms with Crippen LogP contribution in [0.15, 0.2) is 58.3 Å². The van der Waals surface area contributed by atoms with Gasteiger partial charge < -0.3 is 44.1 Å². The molecule has 0 aliphatic carbocycles. The zero-order valence-corrected chi connectivity index (χ0v) is 21.5. The minimum absolute atomic E-state index is 0.0313. The molecule has 0 bridgehead atoms. The lowest BCUT2D eigenvalue weighted by Crippen LogP contribution is -2.61. The SMILES string of the molecule is CO[C@@H]1[C@H](OC[C@H]2O[C@@H](n3ccc(=O)[nH]c3=O)[C@H](O)[C@@H]2O)O[C@@H](CO)[C@@H](O)[C@@H]1OCc1ccc2ccccc2n1. The number of H-pyrrole nitrogens is 1. The fraction of sp³-hybridized carbons (Fsp3) is 0.500. The van der Waals surface area contributed by atoms with Gasteiger partial charge in [0.15, 0.2) is 12.5 Å². The number of hydrogen-bond donors (Lipinski definition) is 5. The molecular formula is C26H31N3O11. The summed E-state index contributed by atoms with van der Waals surface area (Å²) in [7, 11) is 1.38. The van der Waals surface area contributed by atoms with Crippen LogP contribution in [0.5, 0.6) is 0 Å². The Hall–Kier alpha value is -3.05. The quantitative estimate of drug-likeness (QED) is 0.201. The smallest absolute Gasteiger partial charge is 0.330 e. The van der Waals surface area contributed by atoms with Gasteiger partial charge in [0.25, 0.3) is 5.56 Å². The molecule has 1 aromatic carbocycles. The molecule has 0 amide bonds. The number of aromatic nitrogens is 3. The van der Waals surface area contributed by atoms with E-state index in [-0.39, 0.29) is 13.2 Å². The van der Waals surface area contributed by atoms with Crippen LogP contribution in [0.2, 0.25) is 0 Å². The predicted octanol–water partition coefficient (Wildman–Crippen LogP) is -1.60. The van der Waals surface area contributed by atoms with Gasteiger partial charge >= 0.3 is 5.69 Å². The minimum atomic E-state index is -1.50. The maximum absolute atomic E-state index is 12.1. The first-order chi connectivity index (χ1) is 19.3. The van der Waals surface area contributed by atoms with Gasteiger partial charge in [-0.1, -0.05) is 24.3 Å². The zero-order valence-electron chi connectivity index (χ0n) is 21.5. The fourth-order valence-electron chi connectivity index (χ4n) is 4.90. The molecule has 4 heterocycles. The van der Waals surface area contributed by atoms with Crippen LogP contribution in [0.4, 0.5) is 0 Å². The van der Waals surface area contributed by atoms with E-state index in [1.165, 1.54) is 7.11 Å². The number of hydrogen-bond acceptors (Lipinski definition) is 12. The molecule has 9 atom stereocenters. The number of methoxy groups -OCH3 is 1. The third kappa shape index (κ3) is 5.72. The third-order valence-corrected chi connectivity index (χ3v) is 7.04. The Labute approximate surface area is 227 Å². The van der Waals surface area contributed by atoms with Crippen molar-refractivity contribution in [2.75, 3.05) is 20.3 Å². The summed E-state index contributed by atoms with van der Waals surface area (Å²) in [5, 5.41) is 42.6. The maximum Gasteiger partial charge on any atom is 0.330 e. The lowest BCUT2D eigenvalue weighted by Gasteiger charge is -2.43. The molecule has 2 aliphatic rings. The molecular weight excluding hydrogens is 530 g/mol. The van der Waals surface area contributed by atoms with Crippen molar-refractivity contribution >= 4 is 10.9 Å². The van der Waals surface area contributed by atoms with E-state index in [0.717, 1.165) is 27.7 Å². The van der Waals surface area contributed by atoms with E-state index in [1.54, 1.807) is 0 Å². The second-order valence-electron chi connectivity index (χ2n) is 9.58. The lowest BCUT2D eigenvalue weighted by molar-refractivity contribution is -0.318. The highest BCUT2D eigenvalue weighted by Gasteiger charge is 2.49. The first kappa shape index (κ1) is 28.5. The molecule has 0 unspecified atom stereocenters. The number of ether oxygens (including phenoxy) is 5. The average molecular weight is 562 g/mol. The lowest BCUT2D eigenvalue weighted by atomic mass is 9.98. The summed E-state index contributed by atoms with van der Waals surface area (Å²) >= 11 is 0. The van der Waals surface area contributed by atoms with Crippen molar-refractivity contribution in [2.45, 2.75) is 61.9 Å². The molecule has 14 heteroatoms. The summed E-state index contributed by atoms with van der Waals surface area (Å²) in [4.78, 5) is 30.1. The van der Waals surface area contributed by atoms with Crippen LogP contribution >= 0.6 is 0 Å². The number of pyridine rings is 1. The number of fused-ring (bicyclic) bond motifs is 1. The molecule has 5 rings (SSSR count). The molecule has 5 N–H and O–H groups in total. The van der Waals surface area contributed by atoms with E-state index in [1.807, 2.05) is 36.4 Å². The second kappa shape index (κ2) is 12.2. The van der Waals surface area contributed by atoms with Crippen molar-refractivity contribution in [3.05, 3.63) is 75.2 Å². The number of benzene rings is 1. The van der Waals surface area contributed by atoms with Crippen molar-refractivity contribution in [3.63, 3.8) is 0 Å². The van der Waals surface area contributed by atoms with Crippen LogP contribution in [0.25, 0.3) is 10.9 Å². The largest absolute Gasteiger partial charge is 0.394 e. The molecule has 0 saturated carbocycles. The molecule has 2 aromatic heterocycles. The first-order valence-electron chi connectivity index (χ1n) is 12.7. The van der Waals surface area contributed by atoms with Crippen molar-refractivity contribution in [2.24, 2.45) is 0 Å². The van der Waals surface area contributed by atoms with Crippen molar-refractivity contribution in [1.82, 2.24) is 14.5 Å². The molecule has 3 aromatic rings. The highest BCUT2D eigenvalue weighted by atomic mass is 16.7. The molecule has 2 aliphatic heterocycles. The number of aliphatic hydroxyl groups is 4. The van der Waals surface area contributed by atoms with Gasteiger partial charge in [0.2, 0.25) is 0 Å². The molecule has 2 fully saturated rings. The van der Waals surface area contributed by atoms with Gasteiger partial charge in [0.05, 0.1) is 31.0 Å². The fourth-order valence-corrected chi connectivity index (χ4v) is 4.90. The number of aromatic amines is 1. The monoisotopic (exact) mass is 561 g/mol. The Morgan fingerprint density at radius 3 is 2.50 bits per heavy atom. The van der Waals surface area contributed by atoms with Crippen LogP contribution in [0.3, 0.4) is 0 Å². The normalized spacial score (nSPS) is 32.5. The van der Waals surface area contributed by atoms with E-state index in [4.69, 9.17) is 23.7 Å². The Morgan fingerprint density at radius 2 is 1.75 bits per heavy atom. The van der Waals surface area contributed by atoms with Gasteiger partial charge in [-0.15, -0.1) is 0 Å². The number of nitrogens with zero attached hydrogens (tertiary/aromatic N) is 2. The van der Waals surface area contributed by atoms with Crippen molar-refractivity contribution < 1.29 is 44.1 Å². The standard InChI is InChI=1S/C26H31N3O11/c1-36-23-22(37-11-14-7-6-13-4-2-3-5-15(13)27-14)20(33)16(10-30)40-25(23)38-12-17-19(32)21(34)24(39-17)29-9-8-18(31)28-26(29)35/h2-9,16-17,19-25,30,32-34H,10-12H2,1H3,(H,28,31,35)/t16-,17+,19+,20+,21+,22-,23-,24+,25+/m0/s1. The van der Waals surface area contributed by atoms with Crippen LogP contribution in [0, 0.1) is 0 Å². The van der Waals surface area contributed by atoms with Gasteiger partial charge in [-0.05, 0) is 12.1 Å². The zero-order chi connectivity index (χ0) is 28.4. The molecule has 2 saturated heterocycles. The first-order valence-corrected chi connectivity index (χ1v) is 12.7. The average Bonchev–Trinajstić information content (AvgIpc) is 3.23. The third-order valence-electron chi connectivity index (χ3n) is 7.04. The Kier molecular flexibility index (Phi) is 8.70. The molecule has 0 spiro atoms. The van der Waals surface area contributed by atoms with Gasteiger partial charge in [0.1, 0.15) is 42.7 Å². The van der Waals surface area contributed by atoms with Gasteiger partial charge in [-0.2, -0.15) is 0 Å². The number of para-hydroxylation sites is 1. The Morgan fingerprint density at radius 1 is 0.950 bits per heavy atom. The van der Waals surface area contributed by atoms with E-state index in [0.29, 0.717) is 5.69 Å². The second-order valence-corrected chi connectivity index (χ2v) is 9.58. The van der Waals surface area contributed by atoms with Crippen LogP contribution in [-0.2, 0) is 30.3 Å². The predicted molar refractivity (Wildman–Crippen MR) is 136 cm³/mol. The molecule has 40 heavy (non-hydrogen) atoms. The summed E-state index contributed by atoms with van der Waals surface area (Å²) in [5.74, 6) is 0. The van der Waals surface area contributed by atoms with Crippen LogP contribution in [0.1, 0.15) is 11.9 Å². The number of nitrogens with one attached hydrogen (secondary N) is 1. The van der Waals surface area contributed by atoms with Crippen LogP contribution < -0.4 is 11.2 Å². The van der Waals surface area contributed by atoms with E-state index in [2.05, 4.69) is 9.97 Å². The minimum Gasteiger partial charge on any atom is -0.394 e. The van der Waals surface area contributed by atoms with E-state index in [9.17, 15) is 30.0 Å². The van der Waals surface area contributed by atoms with Gasteiger partial charge in [-0.25, -0.2) is 4.79 Å². The highest BCUT2D eigenvalue weighted by molar-refractivity contribution is 5.78. The Balaban J connectivity index is 1.27. The molecule has 0 radical (unpaired) electrons. The van der Waals surface area contributed by atoms with Gasteiger partial charge in [0, 0.05) is 24.8 Å². The summed E-state index contributed by atoms with van der Waals surface area (Å²) in [5.41, 5.74) is -0.0389. The summed E-state index contributed by atoms with van der Waals surface area (Å²) in [6.45, 7) is -0.821. The molecule has 216 valence electrons. The topological polar surface area (TPSA) is 195 Å². The Bertz CT molecular complexity index is 1410. The van der Waals surface area contributed by atoms with Gasteiger partial charge in [-0.3, -0.25) is 19.3 Å². The van der Waals surface area contributed by atoms with Crippen molar-refractivity contribution in [1.29, 1.82) is 0 Å². The summed E-state index contributed by atoms with van der Waals surface area (Å²) < 4.78 is 29.7. The highest BCUT2D eigenvalue weighted by Crippen LogP contribution is 2.31. The van der Waals surface area contributed by atoms with E-state index >= 15 is 0 Å².